The van der Waals surface area contributed by atoms with E-state index in [9.17, 15) is 13.2 Å². The number of benzene rings is 3. The third-order valence-electron chi connectivity index (χ3n) is 5.93. The number of nitrogens with zero attached hydrogens (tertiary/aromatic N) is 2. The molecule has 178 valence electrons. The van der Waals surface area contributed by atoms with Crippen LogP contribution in [0.2, 0.25) is 0 Å². The van der Waals surface area contributed by atoms with Crippen LogP contribution in [0.5, 0.6) is 5.75 Å². The number of rotatable bonds is 8. The van der Waals surface area contributed by atoms with Gasteiger partial charge in [0, 0.05) is 32.2 Å². The summed E-state index contributed by atoms with van der Waals surface area (Å²) in [5.74, 6) is -0.160. The van der Waals surface area contributed by atoms with Crippen LogP contribution in [0.25, 0.3) is 0 Å². The molecule has 0 aliphatic carbocycles. The van der Waals surface area contributed by atoms with Crippen molar-refractivity contribution in [3.8, 4) is 5.75 Å². The number of para-hydroxylation sites is 2. The summed E-state index contributed by atoms with van der Waals surface area (Å²) >= 11 is 0. The summed E-state index contributed by atoms with van der Waals surface area (Å²) in [7, 11) is -0.355. The highest BCUT2D eigenvalue weighted by molar-refractivity contribution is 7.89. The Balaban J connectivity index is 1.59. The highest BCUT2D eigenvalue weighted by atomic mass is 32.2. The second kappa shape index (κ2) is 10.3. The van der Waals surface area contributed by atoms with Gasteiger partial charge in [0.1, 0.15) is 10.6 Å². The van der Waals surface area contributed by atoms with Crippen molar-refractivity contribution in [1.29, 1.82) is 0 Å². The average Bonchev–Trinajstić information content (AvgIpc) is 3.40. The molecule has 0 unspecified atom stereocenters. The first-order chi connectivity index (χ1) is 16.4. The predicted molar refractivity (Wildman–Crippen MR) is 134 cm³/mol. The molecule has 7 nitrogen and oxygen atoms in total. The van der Waals surface area contributed by atoms with E-state index in [4.69, 9.17) is 4.74 Å². The van der Waals surface area contributed by atoms with E-state index in [0.717, 1.165) is 24.1 Å². The number of anilines is 2. The lowest BCUT2D eigenvalue weighted by atomic mass is 10.1. The van der Waals surface area contributed by atoms with Crippen molar-refractivity contribution in [3.05, 3.63) is 83.9 Å². The topological polar surface area (TPSA) is 79.0 Å². The summed E-state index contributed by atoms with van der Waals surface area (Å²) in [4.78, 5) is 15.2. The lowest BCUT2D eigenvalue weighted by Gasteiger charge is -2.23. The Morgan fingerprint density at radius 2 is 1.68 bits per heavy atom. The lowest BCUT2D eigenvalue weighted by Crippen LogP contribution is -2.28. The van der Waals surface area contributed by atoms with E-state index in [2.05, 4.69) is 22.3 Å². The zero-order valence-electron chi connectivity index (χ0n) is 19.4. The van der Waals surface area contributed by atoms with E-state index >= 15 is 0 Å². The maximum atomic E-state index is 13.2. The molecule has 0 saturated carbocycles. The number of carbonyl (C=O) groups is 1. The van der Waals surface area contributed by atoms with Gasteiger partial charge in [0.15, 0.2) is 0 Å². The molecule has 1 aliphatic rings. The second-order valence-corrected chi connectivity index (χ2v) is 10.2. The highest BCUT2D eigenvalue weighted by Gasteiger charge is 2.30. The fourth-order valence-electron chi connectivity index (χ4n) is 4.14. The molecule has 34 heavy (non-hydrogen) atoms. The molecular formula is C26H29N3O4S. The third kappa shape index (κ3) is 5.08. The van der Waals surface area contributed by atoms with Gasteiger partial charge in [-0.3, -0.25) is 4.79 Å². The van der Waals surface area contributed by atoms with Crippen LogP contribution in [0.4, 0.5) is 11.4 Å². The van der Waals surface area contributed by atoms with Crippen molar-refractivity contribution in [2.45, 2.75) is 24.3 Å². The number of amides is 1. The van der Waals surface area contributed by atoms with E-state index in [0.29, 0.717) is 25.3 Å². The first-order valence-electron chi connectivity index (χ1n) is 11.2. The van der Waals surface area contributed by atoms with Crippen LogP contribution in [-0.2, 0) is 16.6 Å². The molecule has 1 amide bonds. The minimum atomic E-state index is -3.75. The van der Waals surface area contributed by atoms with Crippen LogP contribution < -0.4 is 15.0 Å². The second-order valence-electron chi connectivity index (χ2n) is 8.29. The SMILES string of the molecule is COc1ccc(C(=O)Nc2ccccc2N(C)Cc2ccccc2)cc1S(=O)(=O)N1CCCC1. The molecule has 4 rings (SSSR count). The smallest absolute Gasteiger partial charge is 0.255 e. The Bertz CT molecular complexity index is 1260. The fraction of sp³-hybridized carbons (Fsp3) is 0.269. The summed E-state index contributed by atoms with van der Waals surface area (Å²) in [5.41, 5.74) is 2.90. The molecule has 0 radical (unpaired) electrons. The maximum Gasteiger partial charge on any atom is 0.255 e. The van der Waals surface area contributed by atoms with Crippen LogP contribution in [0, 0.1) is 0 Å². The summed E-state index contributed by atoms with van der Waals surface area (Å²) in [6.45, 7) is 1.63. The minimum Gasteiger partial charge on any atom is -0.495 e. The van der Waals surface area contributed by atoms with Gasteiger partial charge in [0.25, 0.3) is 5.91 Å². The standard InChI is InChI=1S/C26H29N3O4S/c1-28(19-20-10-4-3-5-11-20)23-13-7-6-12-22(23)27-26(30)21-14-15-24(33-2)25(18-21)34(31,32)29-16-8-9-17-29/h3-7,10-15,18H,8-9,16-17,19H2,1-2H3,(H,27,30). The number of carbonyl (C=O) groups excluding carboxylic acids is 1. The monoisotopic (exact) mass is 479 g/mol. The summed E-state index contributed by atoms with van der Waals surface area (Å²) < 4.78 is 33.1. The predicted octanol–water partition coefficient (Wildman–Crippen LogP) is 4.37. The van der Waals surface area contributed by atoms with Crippen molar-refractivity contribution in [2.24, 2.45) is 0 Å². The van der Waals surface area contributed by atoms with Crippen LogP contribution in [0.3, 0.4) is 0 Å². The van der Waals surface area contributed by atoms with E-state index in [1.54, 1.807) is 6.07 Å². The zero-order valence-corrected chi connectivity index (χ0v) is 20.2. The van der Waals surface area contributed by atoms with Crippen LogP contribution in [0.1, 0.15) is 28.8 Å². The van der Waals surface area contributed by atoms with Gasteiger partial charge in [0.2, 0.25) is 10.0 Å². The number of hydrogen-bond donors (Lipinski definition) is 1. The number of hydrogen-bond acceptors (Lipinski definition) is 5. The minimum absolute atomic E-state index is 0.0130. The molecular weight excluding hydrogens is 450 g/mol. The molecule has 0 aromatic heterocycles. The van der Waals surface area contributed by atoms with E-state index in [1.165, 1.54) is 23.5 Å². The molecule has 1 fully saturated rings. The Morgan fingerprint density at radius 1 is 1.00 bits per heavy atom. The van der Waals surface area contributed by atoms with Crippen LogP contribution in [0.15, 0.2) is 77.7 Å². The van der Waals surface area contributed by atoms with Crippen LogP contribution >= 0.6 is 0 Å². The molecule has 3 aromatic rings. The van der Waals surface area contributed by atoms with Crippen molar-refractivity contribution in [3.63, 3.8) is 0 Å². The summed E-state index contributed by atoms with van der Waals surface area (Å²) in [6.07, 6.45) is 1.66. The van der Waals surface area contributed by atoms with Crippen LogP contribution in [-0.4, -0.2) is 45.9 Å². The molecule has 1 N–H and O–H groups in total. The molecule has 3 aromatic carbocycles. The Hall–Kier alpha value is -3.36. The molecule has 0 atom stereocenters. The molecule has 1 heterocycles. The van der Waals surface area contributed by atoms with Gasteiger partial charge in [-0.1, -0.05) is 42.5 Å². The van der Waals surface area contributed by atoms with Gasteiger partial charge in [-0.25, -0.2) is 8.42 Å². The number of ether oxygens (including phenoxy) is 1. The zero-order chi connectivity index (χ0) is 24.1. The molecule has 0 spiro atoms. The van der Waals surface area contributed by atoms with Gasteiger partial charge in [-0.05, 0) is 48.7 Å². The van der Waals surface area contributed by atoms with Gasteiger partial charge < -0.3 is 15.0 Å². The fourth-order valence-corrected chi connectivity index (χ4v) is 5.83. The number of nitrogens with one attached hydrogen (secondary N) is 1. The molecule has 8 heteroatoms. The van der Waals surface area contributed by atoms with Crippen molar-refractivity contribution < 1.29 is 17.9 Å². The lowest BCUT2D eigenvalue weighted by molar-refractivity contribution is 0.102. The van der Waals surface area contributed by atoms with Gasteiger partial charge in [-0.15, -0.1) is 0 Å². The Kier molecular flexibility index (Phi) is 7.19. The first kappa shape index (κ1) is 23.8. The molecule has 0 bridgehead atoms. The quantitative estimate of drug-likeness (QED) is 0.519. The van der Waals surface area contributed by atoms with Gasteiger partial charge in [0.05, 0.1) is 18.5 Å². The number of methoxy groups -OCH3 is 1. The van der Waals surface area contributed by atoms with Crippen molar-refractivity contribution in [1.82, 2.24) is 4.31 Å². The highest BCUT2D eigenvalue weighted by Crippen LogP contribution is 2.31. The van der Waals surface area contributed by atoms with Gasteiger partial charge in [-0.2, -0.15) is 4.31 Å². The van der Waals surface area contributed by atoms with E-state index in [-0.39, 0.29) is 22.1 Å². The first-order valence-corrected chi connectivity index (χ1v) is 12.7. The normalized spacial score (nSPS) is 14.1. The van der Waals surface area contributed by atoms with Crippen molar-refractivity contribution >= 4 is 27.3 Å². The molecule has 1 aliphatic heterocycles. The third-order valence-corrected chi connectivity index (χ3v) is 7.85. The summed E-state index contributed by atoms with van der Waals surface area (Å²) in [5, 5.41) is 2.95. The number of sulfonamides is 1. The molecule has 1 saturated heterocycles. The van der Waals surface area contributed by atoms with Crippen molar-refractivity contribution in [2.75, 3.05) is 37.5 Å². The Morgan fingerprint density at radius 3 is 2.38 bits per heavy atom. The van der Waals surface area contributed by atoms with Gasteiger partial charge >= 0.3 is 0 Å². The van der Waals surface area contributed by atoms with E-state index < -0.39 is 10.0 Å². The average molecular weight is 480 g/mol. The maximum absolute atomic E-state index is 13.2. The summed E-state index contributed by atoms with van der Waals surface area (Å²) in [6, 6.07) is 22.1. The largest absolute Gasteiger partial charge is 0.495 e. The van der Waals surface area contributed by atoms with E-state index in [1.807, 2.05) is 49.5 Å². The Labute approximate surface area is 201 Å².